The van der Waals surface area contributed by atoms with Crippen LogP contribution in [0.2, 0.25) is 0 Å². The summed E-state index contributed by atoms with van der Waals surface area (Å²) in [7, 11) is 3.88. The second kappa shape index (κ2) is 9.64. The molecule has 0 aliphatic carbocycles. The number of hydrogen-bond acceptors (Lipinski definition) is 4. The van der Waals surface area contributed by atoms with Crippen molar-refractivity contribution in [2.45, 2.75) is 19.4 Å². The summed E-state index contributed by atoms with van der Waals surface area (Å²) in [5.41, 5.74) is 1.40. The van der Waals surface area contributed by atoms with Crippen LogP contribution in [-0.2, 0) is 13.0 Å². The zero-order valence-electron chi connectivity index (χ0n) is 16.1. The normalized spacial score (nSPS) is 15.9. The maximum Gasteiger partial charge on any atom is 0.123 e. The molecule has 0 spiro atoms. The molecule has 1 aromatic heterocycles. The Balaban J connectivity index is 1.40. The smallest absolute Gasteiger partial charge is 0.123 e. The molecule has 1 aliphatic heterocycles. The number of likely N-dealkylation sites (N-methyl/N-ethyl adjacent to an activating group) is 1. The van der Waals surface area contributed by atoms with E-state index in [1.807, 2.05) is 24.3 Å². The van der Waals surface area contributed by atoms with Crippen molar-refractivity contribution < 1.29 is 9.47 Å². The number of ether oxygens (including phenoxy) is 2. The minimum atomic E-state index is 0.660. The highest BCUT2D eigenvalue weighted by Gasteiger charge is 2.13. The van der Waals surface area contributed by atoms with Gasteiger partial charge >= 0.3 is 0 Å². The summed E-state index contributed by atoms with van der Waals surface area (Å²) in [6.07, 6.45) is 4.49. The fraction of sp³-hybridized carbons (Fsp3) is 0.524. The van der Waals surface area contributed by atoms with Gasteiger partial charge in [-0.2, -0.15) is 0 Å². The van der Waals surface area contributed by atoms with Crippen molar-refractivity contribution in [1.82, 2.24) is 14.4 Å². The number of rotatable bonds is 9. The van der Waals surface area contributed by atoms with E-state index in [2.05, 4.69) is 39.7 Å². The van der Waals surface area contributed by atoms with Gasteiger partial charge in [-0.3, -0.25) is 0 Å². The monoisotopic (exact) mass is 357 g/mol. The molecule has 5 heteroatoms. The molecule has 1 aromatic carbocycles. The van der Waals surface area contributed by atoms with E-state index in [0.717, 1.165) is 24.5 Å². The summed E-state index contributed by atoms with van der Waals surface area (Å²) in [5, 5.41) is 0. The van der Waals surface area contributed by atoms with Gasteiger partial charge in [-0.15, -0.1) is 0 Å². The van der Waals surface area contributed by atoms with Gasteiger partial charge in [0.05, 0.1) is 13.7 Å². The van der Waals surface area contributed by atoms with Crippen LogP contribution in [0.3, 0.4) is 0 Å². The van der Waals surface area contributed by atoms with Crippen LogP contribution < -0.4 is 9.47 Å². The first-order chi connectivity index (χ1) is 12.7. The molecule has 0 amide bonds. The predicted octanol–water partition coefficient (Wildman–Crippen LogP) is 2.76. The molecule has 5 nitrogen and oxygen atoms in total. The van der Waals surface area contributed by atoms with E-state index in [-0.39, 0.29) is 0 Å². The summed E-state index contributed by atoms with van der Waals surface area (Å²) in [6.45, 7) is 7.51. The van der Waals surface area contributed by atoms with Gasteiger partial charge in [0.15, 0.2) is 0 Å². The van der Waals surface area contributed by atoms with Gasteiger partial charge in [-0.05, 0) is 50.7 Å². The van der Waals surface area contributed by atoms with Crippen molar-refractivity contribution in [2.75, 3.05) is 53.5 Å². The van der Waals surface area contributed by atoms with Crippen molar-refractivity contribution in [2.24, 2.45) is 0 Å². The number of aryl methyl sites for hydroxylation is 1. The minimum absolute atomic E-state index is 0.660. The summed E-state index contributed by atoms with van der Waals surface area (Å²) in [4.78, 5) is 4.99. The molecular weight excluding hydrogens is 326 g/mol. The zero-order chi connectivity index (χ0) is 18.2. The van der Waals surface area contributed by atoms with Crippen LogP contribution >= 0.6 is 0 Å². The average molecular weight is 357 g/mol. The molecule has 0 saturated carbocycles. The molecule has 0 bridgehead atoms. The highest BCUT2D eigenvalue weighted by Crippen LogP contribution is 2.19. The Morgan fingerprint density at radius 3 is 2.58 bits per heavy atom. The highest BCUT2D eigenvalue weighted by molar-refractivity contribution is 5.32. The Morgan fingerprint density at radius 2 is 1.77 bits per heavy atom. The van der Waals surface area contributed by atoms with Crippen molar-refractivity contribution in [3.8, 4) is 11.5 Å². The molecule has 1 saturated heterocycles. The predicted molar refractivity (Wildman–Crippen MR) is 105 cm³/mol. The standard InChI is InChI=1S/C21H31N3O2/c1-22-12-14-23(15-13-22)10-4-6-19-7-5-11-24(19)16-17-26-21-9-3-8-20(18-21)25-2/h3,5,7-9,11,18H,4,6,10,12-17H2,1-2H3. The van der Waals surface area contributed by atoms with Crippen LogP contribution in [0.4, 0.5) is 0 Å². The summed E-state index contributed by atoms with van der Waals surface area (Å²) in [6, 6.07) is 12.1. The lowest BCUT2D eigenvalue weighted by atomic mass is 10.2. The van der Waals surface area contributed by atoms with E-state index in [1.54, 1.807) is 7.11 Å². The fourth-order valence-corrected chi connectivity index (χ4v) is 3.40. The lowest BCUT2D eigenvalue weighted by molar-refractivity contribution is 0.153. The summed E-state index contributed by atoms with van der Waals surface area (Å²) < 4.78 is 13.4. The van der Waals surface area contributed by atoms with Gasteiger partial charge in [0.2, 0.25) is 0 Å². The van der Waals surface area contributed by atoms with E-state index in [0.29, 0.717) is 6.61 Å². The summed E-state index contributed by atoms with van der Waals surface area (Å²) >= 11 is 0. The van der Waals surface area contributed by atoms with E-state index < -0.39 is 0 Å². The van der Waals surface area contributed by atoms with Gasteiger partial charge in [0.1, 0.15) is 18.1 Å². The number of aromatic nitrogens is 1. The first-order valence-corrected chi connectivity index (χ1v) is 9.56. The number of methoxy groups -OCH3 is 1. The maximum atomic E-state index is 5.87. The minimum Gasteiger partial charge on any atom is -0.497 e. The molecule has 142 valence electrons. The van der Waals surface area contributed by atoms with Gasteiger partial charge in [-0.25, -0.2) is 0 Å². The van der Waals surface area contributed by atoms with Crippen molar-refractivity contribution in [3.05, 3.63) is 48.3 Å². The third-order valence-electron chi connectivity index (χ3n) is 5.07. The lowest BCUT2D eigenvalue weighted by Crippen LogP contribution is -2.44. The van der Waals surface area contributed by atoms with E-state index in [1.165, 1.54) is 44.8 Å². The lowest BCUT2D eigenvalue weighted by Gasteiger charge is -2.32. The second-order valence-electron chi connectivity index (χ2n) is 6.97. The molecular formula is C21H31N3O2. The molecule has 0 radical (unpaired) electrons. The van der Waals surface area contributed by atoms with Crippen molar-refractivity contribution >= 4 is 0 Å². The topological polar surface area (TPSA) is 29.9 Å². The van der Waals surface area contributed by atoms with Crippen LogP contribution in [0, 0.1) is 0 Å². The Kier molecular flexibility index (Phi) is 6.97. The molecule has 0 N–H and O–H groups in total. The van der Waals surface area contributed by atoms with E-state index >= 15 is 0 Å². The molecule has 1 fully saturated rings. The Morgan fingerprint density at radius 1 is 0.962 bits per heavy atom. The van der Waals surface area contributed by atoms with E-state index in [4.69, 9.17) is 9.47 Å². The number of piperazine rings is 1. The number of nitrogens with zero attached hydrogens (tertiary/aromatic N) is 3. The molecule has 0 unspecified atom stereocenters. The number of hydrogen-bond donors (Lipinski definition) is 0. The average Bonchev–Trinajstić information content (AvgIpc) is 3.11. The fourth-order valence-electron chi connectivity index (χ4n) is 3.40. The molecule has 0 atom stereocenters. The van der Waals surface area contributed by atoms with Crippen LogP contribution in [0.15, 0.2) is 42.6 Å². The Hall–Kier alpha value is -1.98. The molecule has 3 rings (SSSR count). The molecule has 26 heavy (non-hydrogen) atoms. The second-order valence-corrected chi connectivity index (χ2v) is 6.97. The third kappa shape index (κ3) is 5.51. The van der Waals surface area contributed by atoms with Crippen LogP contribution in [0.5, 0.6) is 11.5 Å². The van der Waals surface area contributed by atoms with Crippen LogP contribution in [0.1, 0.15) is 12.1 Å². The van der Waals surface area contributed by atoms with Crippen LogP contribution in [0.25, 0.3) is 0 Å². The SMILES string of the molecule is COc1cccc(OCCn2cccc2CCCN2CCN(C)CC2)c1. The number of benzene rings is 1. The first-order valence-electron chi connectivity index (χ1n) is 9.56. The zero-order valence-corrected chi connectivity index (χ0v) is 16.1. The molecule has 2 heterocycles. The molecule has 2 aromatic rings. The molecule has 1 aliphatic rings. The quantitative estimate of drug-likeness (QED) is 0.690. The van der Waals surface area contributed by atoms with Gasteiger partial charge in [-0.1, -0.05) is 6.07 Å². The van der Waals surface area contributed by atoms with Gasteiger partial charge < -0.3 is 23.8 Å². The first kappa shape index (κ1) is 18.8. The third-order valence-corrected chi connectivity index (χ3v) is 5.07. The maximum absolute atomic E-state index is 5.87. The summed E-state index contributed by atoms with van der Waals surface area (Å²) in [5.74, 6) is 1.68. The Bertz CT molecular complexity index is 663. The Labute approximate surface area is 157 Å². The van der Waals surface area contributed by atoms with Gasteiger partial charge in [0.25, 0.3) is 0 Å². The highest BCUT2D eigenvalue weighted by atomic mass is 16.5. The van der Waals surface area contributed by atoms with Crippen LogP contribution in [-0.4, -0.2) is 67.9 Å². The van der Waals surface area contributed by atoms with Gasteiger partial charge in [0, 0.05) is 44.1 Å². The van der Waals surface area contributed by atoms with Crippen molar-refractivity contribution in [3.63, 3.8) is 0 Å². The van der Waals surface area contributed by atoms with Crippen molar-refractivity contribution in [1.29, 1.82) is 0 Å². The van der Waals surface area contributed by atoms with E-state index in [9.17, 15) is 0 Å². The largest absolute Gasteiger partial charge is 0.497 e.